The van der Waals surface area contributed by atoms with E-state index in [9.17, 15) is 4.79 Å². The first-order valence-electron chi connectivity index (χ1n) is 4.74. The van der Waals surface area contributed by atoms with Crippen LogP contribution in [0.25, 0.3) is 0 Å². The lowest BCUT2D eigenvalue weighted by atomic mass is 9.61. The van der Waals surface area contributed by atoms with Gasteiger partial charge in [-0.15, -0.1) is 0 Å². The Bertz CT molecular complexity index is 191. The molecule has 68 valence electrons. The number of rotatable bonds is 2. The lowest BCUT2D eigenvalue weighted by molar-refractivity contribution is -0.123. The van der Waals surface area contributed by atoms with Gasteiger partial charge >= 0.3 is 0 Å². The van der Waals surface area contributed by atoms with Crippen LogP contribution >= 0.6 is 0 Å². The van der Waals surface area contributed by atoms with Crippen molar-refractivity contribution in [2.75, 3.05) is 13.1 Å². The lowest BCUT2D eigenvalue weighted by Gasteiger charge is -2.54. The van der Waals surface area contributed by atoms with Crippen molar-refractivity contribution in [1.29, 1.82) is 0 Å². The van der Waals surface area contributed by atoms with E-state index in [1.807, 2.05) is 6.92 Å². The summed E-state index contributed by atoms with van der Waals surface area (Å²) in [6, 6.07) is 0.472. The minimum atomic E-state index is 0.196. The molecule has 0 aromatic rings. The summed E-state index contributed by atoms with van der Waals surface area (Å²) in [6.07, 6.45) is 2.99. The van der Waals surface area contributed by atoms with E-state index in [1.165, 1.54) is 12.8 Å². The molecule has 1 aliphatic carbocycles. The molecule has 0 aromatic heterocycles. The van der Waals surface area contributed by atoms with E-state index in [0.29, 0.717) is 17.9 Å². The number of amides is 1. The zero-order valence-corrected chi connectivity index (χ0v) is 7.52. The fourth-order valence-electron chi connectivity index (χ4n) is 2.18. The van der Waals surface area contributed by atoms with Gasteiger partial charge in [0.2, 0.25) is 5.91 Å². The van der Waals surface area contributed by atoms with Gasteiger partial charge in [-0.3, -0.25) is 4.79 Å². The summed E-state index contributed by atoms with van der Waals surface area (Å²) < 4.78 is 0. The van der Waals surface area contributed by atoms with Crippen molar-refractivity contribution in [2.24, 2.45) is 5.41 Å². The molecule has 1 saturated heterocycles. The van der Waals surface area contributed by atoms with Crippen LogP contribution in [0.3, 0.4) is 0 Å². The van der Waals surface area contributed by atoms with E-state index < -0.39 is 0 Å². The Balaban J connectivity index is 1.71. The number of nitrogens with one attached hydrogen (secondary N) is 2. The van der Waals surface area contributed by atoms with Crippen LogP contribution in [0.2, 0.25) is 0 Å². The summed E-state index contributed by atoms with van der Waals surface area (Å²) in [4.78, 5) is 11.0. The molecule has 1 aliphatic heterocycles. The van der Waals surface area contributed by atoms with Crippen LogP contribution in [-0.4, -0.2) is 25.0 Å². The first-order valence-corrected chi connectivity index (χ1v) is 4.74. The van der Waals surface area contributed by atoms with Crippen molar-refractivity contribution in [3.05, 3.63) is 0 Å². The largest absolute Gasteiger partial charge is 0.353 e. The zero-order chi connectivity index (χ0) is 8.60. The molecular formula is C9H16N2O. The van der Waals surface area contributed by atoms with E-state index in [4.69, 9.17) is 0 Å². The first-order chi connectivity index (χ1) is 5.74. The summed E-state index contributed by atoms with van der Waals surface area (Å²) in [5, 5.41) is 6.30. The van der Waals surface area contributed by atoms with E-state index in [1.54, 1.807) is 0 Å². The van der Waals surface area contributed by atoms with Crippen LogP contribution in [0.4, 0.5) is 0 Å². The third-order valence-corrected chi connectivity index (χ3v) is 3.05. The molecule has 1 heterocycles. The summed E-state index contributed by atoms with van der Waals surface area (Å²) in [5.74, 6) is 0.196. The monoisotopic (exact) mass is 168 g/mol. The summed E-state index contributed by atoms with van der Waals surface area (Å²) in [6.45, 7) is 4.21. The lowest BCUT2D eigenvalue weighted by Crippen LogP contribution is -2.65. The van der Waals surface area contributed by atoms with Crippen molar-refractivity contribution in [3.63, 3.8) is 0 Å². The van der Waals surface area contributed by atoms with E-state index in [0.717, 1.165) is 13.1 Å². The Morgan fingerprint density at radius 1 is 1.58 bits per heavy atom. The summed E-state index contributed by atoms with van der Waals surface area (Å²) in [7, 11) is 0. The van der Waals surface area contributed by atoms with Gasteiger partial charge in [-0.1, -0.05) is 6.92 Å². The predicted molar refractivity (Wildman–Crippen MR) is 46.8 cm³/mol. The van der Waals surface area contributed by atoms with Gasteiger partial charge in [0, 0.05) is 25.6 Å². The van der Waals surface area contributed by atoms with E-state index >= 15 is 0 Å². The van der Waals surface area contributed by atoms with Gasteiger partial charge < -0.3 is 10.6 Å². The van der Waals surface area contributed by atoms with Gasteiger partial charge in [0.05, 0.1) is 0 Å². The highest BCUT2D eigenvalue weighted by atomic mass is 16.1. The van der Waals surface area contributed by atoms with Gasteiger partial charge in [-0.25, -0.2) is 0 Å². The fraction of sp³-hybridized carbons (Fsp3) is 0.889. The molecule has 1 amide bonds. The molecule has 0 unspecified atom stereocenters. The molecule has 1 saturated carbocycles. The number of carbonyl (C=O) groups is 1. The molecule has 2 N–H and O–H groups in total. The van der Waals surface area contributed by atoms with Crippen molar-refractivity contribution in [2.45, 2.75) is 32.2 Å². The predicted octanol–water partition coefficient (Wildman–Crippen LogP) is 0.265. The van der Waals surface area contributed by atoms with E-state index in [-0.39, 0.29) is 5.91 Å². The van der Waals surface area contributed by atoms with Crippen LogP contribution in [0.1, 0.15) is 26.2 Å². The minimum Gasteiger partial charge on any atom is -0.353 e. The average molecular weight is 168 g/mol. The minimum absolute atomic E-state index is 0.196. The molecular weight excluding hydrogens is 152 g/mol. The molecule has 12 heavy (non-hydrogen) atoms. The highest BCUT2D eigenvalue weighted by Gasteiger charge is 2.48. The van der Waals surface area contributed by atoms with Gasteiger partial charge in [-0.2, -0.15) is 0 Å². The van der Waals surface area contributed by atoms with Crippen molar-refractivity contribution < 1.29 is 4.79 Å². The maximum atomic E-state index is 11.0. The molecule has 0 atom stereocenters. The number of hydrogen-bond donors (Lipinski definition) is 2. The molecule has 0 aromatic carbocycles. The molecule has 2 rings (SSSR count). The molecule has 3 nitrogen and oxygen atoms in total. The molecule has 3 heteroatoms. The van der Waals surface area contributed by atoms with Crippen LogP contribution in [0, 0.1) is 5.41 Å². The Hall–Kier alpha value is -0.570. The van der Waals surface area contributed by atoms with Crippen molar-refractivity contribution in [1.82, 2.24) is 10.6 Å². The standard InChI is InChI=1S/C9H16N2O/c1-2-8(12)11-7-3-9(4-7)5-10-6-9/h7,10H,2-6H2,1H3,(H,11,12). The SMILES string of the molecule is CCC(=O)NC1CC2(CNC2)C1. The second-order valence-electron chi connectivity index (χ2n) is 4.13. The maximum absolute atomic E-state index is 11.0. The third-order valence-electron chi connectivity index (χ3n) is 3.05. The van der Waals surface area contributed by atoms with Crippen LogP contribution in [0.5, 0.6) is 0 Å². The molecule has 2 fully saturated rings. The van der Waals surface area contributed by atoms with Gasteiger partial charge in [0.1, 0.15) is 0 Å². The highest BCUT2D eigenvalue weighted by molar-refractivity contribution is 5.76. The maximum Gasteiger partial charge on any atom is 0.219 e. The fourth-order valence-corrected chi connectivity index (χ4v) is 2.18. The second kappa shape index (κ2) is 2.73. The first kappa shape index (κ1) is 8.05. The summed E-state index contributed by atoms with van der Waals surface area (Å²) in [5.41, 5.74) is 0.575. The average Bonchev–Trinajstić information content (AvgIpc) is 1.91. The quantitative estimate of drug-likeness (QED) is 0.621. The van der Waals surface area contributed by atoms with Gasteiger partial charge in [0.15, 0.2) is 0 Å². The van der Waals surface area contributed by atoms with Crippen LogP contribution in [-0.2, 0) is 4.79 Å². The third kappa shape index (κ3) is 1.22. The van der Waals surface area contributed by atoms with E-state index in [2.05, 4.69) is 10.6 Å². The molecule has 0 bridgehead atoms. The van der Waals surface area contributed by atoms with Crippen LogP contribution < -0.4 is 10.6 Å². The smallest absolute Gasteiger partial charge is 0.219 e. The van der Waals surface area contributed by atoms with Gasteiger partial charge in [0.25, 0.3) is 0 Å². The second-order valence-corrected chi connectivity index (χ2v) is 4.13. The molecule has 0 radical (unpaired) electrons. The summed E-state index contributed by atoms with van der Waals surface area (Å²) >= 11 is 0. The van der Waals surface area contributed by atoms with Crippen molar-refractivity contribution in [3.8, 4) is 0 Å². The molecule has 1 spiro atoms. The van der Waals surface area contributed by atoms with Gasteiger partial charge in [-0.05, 0) is 18.3 Å². The Morgan fingerprint density at radius 3 is 2.67 bits per heavy atom. The highest BCUT2D eigenvalue weighted by Crippen LogP contribution is 2.43. The number of hydrogen-bond acceptors (Lipinski definition) is 2. The normalized spacial score (nSPS) is 26.1. The van der Waals surface area contributed by atoms with Crippen LogP contribution in [0.15, 0.2) is 0 Å². The Kier molecular flexibility index (Phi) is 1.83. The Labute approximate surface area is 72.9 Å². The number of carbonyl (C=O) groups excluding carboxylic acids is 1. The zero-order valence-electron chi connectivity index (χ0n) is 7.52. The van der Waals surface area contributed by atoms with Crippen molar-refractivity contribution >= 4 is 5.91 Å². The Morgan fingerprint density at radius 2 is 2.25 bits per heavy atom. The molecule has 2 aliphatic rings. The topological polar surface area (TPSA) is 41.1 Å².